The molecule has 2 aliphatic heterocycles. The van der Waals surface area contributed by atoms with E-state index < -0.39 is 6.10 Å². The SMILES string of the molecule is CCN1CCN(C2c3cccc(OC)c3OCC2O)CC1. The number of aliphatic hydroxyl groups is 1. The number of fused-ring (bicyclic) bond motifs is 1. The van der Waals surface area contributed by atoms with E-state index in [2.05, 4.69) is 16.7 Å². The van der Waals surface area contributed by atoms with E-state index in [1.807, 2.05) is 18.2 Å². The van der Waals surface area contributed by atoms with Crippen LogP contribution in [-0.2, 0) is 0 Å². The maximum absolute atomic E-state index is 10.4. The van der Waals surface area contributed by atoms with Crippen molar-refractivity contribution in [2.24, 2.45) is 0 Å². The van der Waals surface area contributed by atoms with Crippen LogP contribution in [0.4, 0.5) is 0 Å². The summed E-state index contributed by atoms with van der Waals surface area (Å²) in [7, 11) is 1.65. The molecule has 1 aromatic rings. The second-order valence-corrected chi connectivity index (χ2v) is 5.67. The average molecular weight is 292 g/mol. The van der Waals surface area contributed by atoms with Gasteiger partial charge in [-0.2, -0.15) is 0 Å². The summed E-state index contributed by atoms with van der Waals surface area (Å²) in [5.41, 5.74) is 1.04. The molecule has 0 spiro atoms. The van der Waals surface area contributed by atoms with Gasteiger partial charge in [-0.3, -0.25) is 4.90 Å². The first-order valence-electron chi connectivity index (χ1n) is 7.68. The summed E-state index contributed by atoms with van der Waals surface area (Å²) in [5, 5.41) is 10.4. The third-order valence-corrected chi connectivity index (χ3v) is 4.56. The molecule has 2 heterocycles. The summed E-state index contributed by atoms with van der Waals surface area (Å²) in [6.45, 7) is 7.68. The zero-order valence-electron chi connectivity index (χ0n) is 12.8. The maximum atomic E-state index is 10.4. The highest BCUT2D eigenvalue weighted by Crippen LogP contribution is 2.42. The molecule has 116 valence electrons. The molecule has 0 bridgehead atoms. The molecule has 2 aliphatic rings. The van der Waals surface area contributed by atoms with Crippen molar-refractivity contribution < 1.29 is 14.6 Å². The highest BCUT2D eigenvalue weighted by atomic mass is 16.5. The fraction of sp³-hybridized carbons (Fsp3) is 0.625. The lowest BCUT2D eigenvalue weighted by molar-refractivity contribution is -0.0182. The minimum atomic E-state index is -0.488. The zero-order chi connectivity index (χ0) is 14.8. The van der Waals surface area contributed by atoms with Crippen LogP contribution in [0.5, 0.6) is 11.5 Å². The van der Waals surface area contributed by atoms with Crippen LogP contribution in [0, 0.1) is 0 Å². The van der Waals surface area contributed by atoms with Crippen molar-refractivity contribution in [2.75, 3.05) is 46.4 Å². The topological polar surface area (TPSA) is 45.2 Å². The van der Waals surface area contributed by atoms with Gasteiger partial charge in [0.05, 0.1) is 13.2 Å². The van der Waals surface area contributed by atoms with Crippen molar-refractivity contribution >= 4 is 0 Å². The Balaban J connectivity index is 1.86. The number of methoxy groups -OCH3 is 1. The standard InChI is InChI=1S/C16H24N2O3/c1-3-17-7-9-18(10-8-17)15-12-5-4-6-14(20-2)16(12)21-11-13(15)19/h4-6,13,15,19H,3,7-11H2,1-2H3. The van der Waals surface area contributed by atoms with E-state index in [-0.39, 0.29) is 6.04 Å². The molecule has 2 unspecified atom stereocenters. The third-order valence-electron chi connectivity index (χ3n) is 4.56. The first-order valence-corrected chi connectivity index (χ1v) is 7.68. The van der Waals surface area contributed by atoms with Gasteiger partial charge in [0.2, 0.25) is 0 Å². The molecule has 0 aliphatic carbocycles. The summed E-state index contributed by atoms with van der Waals surface area (Å²) in [4.78, 5) is 4.81. The van der Waals surface area contributed by atoms with Gasteiger partial charge in [0, 0.05) is 31.7 Å². The maximum Gasteiger partial charge on any atom is 0.166 e. The lowest BCUT2D eigenvalue weighted by Gasteiger charge is -2.43. The molecular formula is C16H24N2O3. The van der Waals surface area contributed by atoms with Crippen LogP contribution in [-0.4, -0.2) is 67.5 Å². The Bertz CT molecular complexity index is 486. The molecule has 5 nitrogen and oxygen atoms in total. The molecule has 0 radical (unpaired) electrons. The number of para-hydroxylation sites is 1. The number of hydrogen-bond donors (Lipinski definition) is 1. The summed E-state index contributed by atoms with van der Waals surface area (Å²) >= 11 is 0. The van der Waals surface area contributed by atoms with Gasteiger partial charge in [-0.15, -0.1) is 0 Å². The molecule has 0 aromatic heterocycles. The first kappa shape index (κ1) is 14.6. The lowest BCUT2D eigenvalue weighted by Crippen LogP contribution is -2.51. The van der Waals surface area contributed by atoms with Gasteiger partial charge < -0.3 is 19.5 Å². The number of ether oxygens (including phenoxy) is 2. The molecular weight excluding hydrogens is 268 g/mol. The zero-order valence-corrected chi connectivity index (χ0v) is 12.8. The monoisotopic (exact) mass is 292 g/mol. The molecule has 0 saturated carbocycles. The number of likely N-dealkylation sites (N-methyl/N-ethyl adjacent to an activating group) is 1. The highest BCUT2D eigenvalue weighted by molar-refractivity contribution is 5.49. The van der Waals surface area contributed by atoms with E-state index in [1.165, 1.54) is 0 Å². The molecule has 5 heteroatoms. The van der Waals surface area contributed by atoms with Crippen LogP contribution in [0.1, 0.15) is 18.5 Å². The fourth-order valence-electron chi connectivity index (χ4n) is 3.35. The summed E-state index contributed by atoms with van der Waals surface area (Å²) < 4.78 is 11.1. The Morgan fingerprint density at radius 1 is 1.29 bits per heavy atom. The minimum absolute atomic E-state index is 0.00264. The number of aliphatic hydroxyl groups excluding tert-OH is 1. The van der Waals surface area contributed by atoms with E-state index in [9.17, 15) is 5.11 Å². The number of hydrogen-bond acceptors (Lipinski definition) is 5. The van der Waals surface area contributed by atoms with E-state index >= 15 is 0 Å². The Labute approximate surface area is 126 Å². The number of piperazine rings is 1. The van der Waals surface area contributed by atoms with Gasteiger partial charge >= 0.3 is 0 Å². The predicted molar refractivity (Wildman–Crippen MR) is 80.9 cm³/mol. The molecule has 1 aromatic carbocycles. The van der Waals surface area contributed by atoms with Gasteiger partial charge in [-0.05, 0) is 12.6 Å². The van der Waals surface area contributed by atoms with E-state index in [0.29, 0.717) is 6.61 Å². The van der Waals surface area contributed by atoms with E-state index in [1.54, 1.807) is 7.11 Å². The van der Waals surface area contributed by atoms with Gasteiger partial charge in [-0.1, -0.05) is 19.1 Å². The fourth-order valence-corrected chi connectivity index (χ4v) is 3.35. The van der Waals surface area contributed by atoms with Crippen LogP contribution < -0.4 is 9.47 Å². The molecule has 1 N–H and O–H groups in total. The second kappa shape index (κ2) is 6.22. The van der Waals surface area contributed by atoms with Crippen molar-refractivity contribution in [1.82, 2.24) is 9.80 Å². The number of benzene rings is 1. The Kier molecular flexibility index (Phi) is 4.33. The molecule has 1 saturated heterocycles. The number of rotatable bonds is 3. The van der Waals surface area contributed by atoms with E-state index in [0.717, 1.165) is 49.8 Å². The minimum Gasteiger partial charge on any atom is -0.493 e. The van der Waals surface area contributed by atoms with E-state index in [4.69, 9.17) is 9.47 Å². The highest BCUT2D eigenvalue weighted by Gasteiger charge is 2.36. The summed E-state index contributed by atoms with van der Waals surface area (Å²) in [6, 6.07) is 5.91. The number of nitrogens with zero attached hydrogens (tertiary/aromatic N) is 2. The summed E-state index contributed by atoms with van der Waals surface area (Å²) in [5.74, 6) is 1.53. The van der Waals surface area contributed by atoms with Crippen molar-refractivity contribution in [3.63, 3.8) is 0 Å². The van der Waals surface area contributed by atoms with Gasteiger partial charge in [0.25, 0.3) is 0 Å². The molecule has 0 amide bonds. The van der Waals surface area contributed by atoms with Gasteiger partial charge in [0.1, 0.15) is 12.7 Å². The quantitative estimate of drug-likeness (QED) is 0.905. The van der Waals surface area contributed by atoms with Gasteiger partial charge in [0.15, 0.2) is 11.5 Å². The van der Waals surface area contributed by atoms with Crippen LogP contribution in [0.3, 0.4) is 0 Å². The lowest BCUT2D eigenvalue weighted by atomic mass is 9.95. The van der Waals surface area contributed by atoms with Crippen molar-refractivity contribution in [3.8, 4) is 11.5 Å². The first-order chi connectivity index (χ1) is 10.2. The smallest absolute Gasteiger partial charge is 0.166 e. The van der Waals surface area contributed by atoms with Crippen molar-refractivity contribution in [2.45, 2.75) is 19.1 Å². The van der Waals surface area contributed by atoms with Crippen LogP contribution in [0.25, 0.3) is 0 Å². The molecule has 2 atom stereocenters. The Morgan fingerprint density at radius 2 is 2.05 bits per heavy atom. The second-order valence-electron chi connectivity index (χ2n) is 5.67. The average Bonchev–Trinajstić information content (AvgIpc) is 2.54. The third kappa shape index (κ3) is 2.73. The van der Waals surface area contributed by atoms with Crippen LogP contribution in [0.15, 0.2) is 18.2 Å². The molecule has 3 rings (SSSR count). The largest absolute Gasteiger partial charge is 0.493 e. The Morgan fingerprint density at radius 3 is 2.71 bits per heavy atom. The molecule has 21 heavy (non-hydrogen) atoms. The summed E-state index contributed by atoms with van der Waals surface area (Å²) in [6.07, 6.45) is -0.488. The Hall–Kier alpha value is -1.30. The van der Waals surface area contributed by atoms with Crippen LogP contribution >= 0.6 is 0 Å². The molecule has 1 fully saturated rings. The normalized spacial score (nSPS) is 27.0. The predicted octanol–water partition coefficient (Wildman–Crippen LogP) is 1.13. The van der Waals surface area contributed by atoms with Crippen molar-refractivity contribution in [3.05, 3.63) is 23.8 Å². The van der Waals surface area contributed by atoms with Crippen molar-refractivity contribution in [1.29, 1.82) is 0 Å². The van der Waals surface area contributed by atoms with Gasteiger partial charge in [-0.25, -0.2) is 0 Å². The van der Waals surface area contributed by atoms with Crippen LogP contribution in [0.2, 0.25) is 0 Å².